The molecule has 1 atom stereocenters. The molecule has 0 spiro atoms. The highest BCUT2D eigenvalue weighted by molar-refractivity contribution is 9.10. The molecule has 0 bridgehead atoms. The molecule has 7 heteroatoms. The number of sulfonamides is 1. The smallest absolute Gasteiger partial charge is 0.212 e. The Kier molecular flexibility index (Phi) is 5.73. The van der Waals surface area contributed by atoms with E-state index in [2.05, 4.69) is 20.7 Å². The minimum Gasteiger partial charge on any atom is -0.212 e. The van der Waals surface area contributed by atoms with Crippen LogP contribution in [-0.2, 0) is 16.6 Å². The van der Waals surface area contributed by atoms with Gasteiger partial charge in [0.15, 0.2) is 0 Å². The predicted molar refractivity (Wildman–Crippen MR) is 72.5 cm³/mol. The van der Waals surface area contributed by atoms with Crippen molar-refractivity contribution in [1.29, 1.82) is 0 Å². The van der Waals surface area contributed by atoms with E-state index in [4.69, 9.17) is 11.6 Å². The number of nitrogens with one attached hydrogen (secondary N) is 1. The quantitative estimate of drug-likeness (QED) is 0.805. The van der Waals surface area contributed by atoms with Crippen LogP contribution in [0, 0.1) is 5.92 Å². The highest BCUT2D eigenvalue weighted by Gasteiger charge is 2.14. The monoisotopic (exact) mass is 345 g/mol. The highest BCUT2D eigenvalue weighted by atomic mass is 79.9. The van der Waals surface area contributed by atoms with Crippen molar-refractivity contribution in [3.05, 3.63) is 20.8 Å². The van der Waals surface area contributed by atoms with Crippen LogP contribution >= 0.6 is 38.9 Å². The third-order valence-corrected chi connectivity index (χ3v) is 5.67. The molecule has 0 aromatic carbocycles. The van der Waals surface area contributed by atoms with Gasteiger partial charge in [-0.1, -0.05) is 6.92 Å². The number of hydrogen-bond acceptors (Lipinski definition) is 3. The van der Waals surface area contributed by atoms with Crippen LogP contribution in [0.15, 0.2) is 15.9 Å². The Morgan fingerprint density at radius 1 is 1.62 bits per heavy atom. The van der Waals surface area contributed by atoms with Gasteiger partial charge in [-0.15, -0.1) is 22.9 Å². The van der Waals surface area contributed by atoms with Crippen molar-refractivity contribution in [2.75, 3.05) is 11.6 Å². The topological polar surface area (TPSA) is 46.2 Å². The first kappa shape index (κ1) is 14.4. The summed E-state index contributed by atoms with van der Waals surface area (Å²) in [6, 6.07) is 1.90. The molecule has 16 heavy (non-hydrogen) atoms. The number of alkyl halides is 1. The maximum absolute atomic E-state index is 11.6. The lowest BCUT2D eigenvalue weighted by Gasteiger charge is -2.09. The normalized spacial score (nSPS) is 13.9. The van der Waals surface area contributed by atoms with E-state index in [0.717, 1.165) is 9.35 Å². The Morgan fingerprint density at radius 2 is 2.31 bits per heavy atom. The lowest BCUT2D eigenvalue weighted by Crippen LogP contribution is -2.28. The molecular weight excluding hydrogens is 334 g/mol. The van der Waals surface area contributed by atoms with E-state index in [0.29, 0.717) is 12.4 Å². The molecule has 0 saturated heterocycles. The Hall–Kier alpha value is 0.380. The summed E-state index contributed by atoms with van der Waals surface area (Å²) >= 11 is 10.4. The summed E-state index contributed by atoms with van der Waals surface area (Å²) in [6.07, 6.45) is 0. The second kappa shape index (κ2) is 6.35. The van der Waals surface area contributed by atoms with Gasteiger partial charge in [0.1, 0.15) is 0 Å². The van der Waals surface area contributed by atoms with Crippen molar-refractivity contribution in [2.45, 2.75) is 13.5 Å². The van der Waals surface area contributed by atoms with Crippen LogP contribution in [0.5, 0.6) is 0 Å². The van der Waals surface area contributed by atoms with E-state index in [-0.39, 0.29) is 11.7 Å². The van der Waals surface area contributed by atoms with Crippen LogP contribution in [-0.4, -0.2) is 20.1 Å². The van der Waals surface area contributed by atoms with E-state index in [1.807, 2.05) is 18.4 Å². The SMILES string of the molecule is CC(CCl)CS(=O)(=O)NCc1cc(Br)cs1. The van der Waals surface area contributed by atoms with E-state index in [1.54, 1.807) is 0 Å². The number of hydrogen-bond donors (Lipinski definition) is 1. The van der Waals surface area contributed by atoms with E-state index >= 15 is 0 Å². The van der Waals surface area contributed by atoms with E-state index in [9.17, 15) is 8.42 Å². The van der Waals surface area contributed by atoms with Gasteiger partial charge in [-0.3, -0.25) is 0 Å². The van der Waals surface area contributed by atoms with Gasteiger partial charge >= 0.3 is 0 Å². The third-order valence-electron chi connectivity index (χ3n) is 1.86. The van der Waals surface area contributed by atoms with Crippen LogP contribution in [0.25, 0.3) is 0 Å². The number of halogens is 2. The van der Waals surface area contributed by atoms with Crippen molar-refractivity contribution in [3.8, 4) is 0 Å². The molecule has 1 aromatic rings. The van der Waals surface area contributed by atoms with Crippen LogP contribution in [0.2, 0.25) is 0 Å². The molecule has 0 aliphatic rings. The molecule has 0 saturated carbocycles. The summed E-state index contributed by atoms with van der Waals surface area (Å²) in [7, 11) is -3.22. The van der Waals surface area contributed by atoms with Crippen molar-refractivity contribution in [3.63, 3.8) is 0 Å². The zero-order valence-electron chi connectivity index (χ0n) is 8.74. The van der Waals surface area contributed by atoms with Gasteiger partial charge < -0.3 is 0 Å². The lowest BCUT2D eigenvalue weighted by atomic mass is 10.3. The molecule has 92 valence electrons. The van der Waals surface area contributed by atoms with Gasteiger partial charge in [-0.25, -0.2) is 13.1 Å². The second-order valence-corrected chi connectivity index (χ2v) is 7.66. The molecule has 1 heterocycles. The number of thiophene rings is 1. The van der Waals surface area contributed by atoms with Gasteiger partial charge in [-0.05, 0) is 27.9 Å². The maximum atomic E-state index is 11.6. The Bertz CT molecular complexity index is 432. The summed E-state index contributed by atoms with van der Waals surface area (Å²) in [5, 5.41) is 1.92. The molecule has 1 rings (SSSR count). The highest BCUT2D eigenvalue weighted by Crippen LogP contribution is 2.19. The molecular formula is C9H13BrClNO2S2. The van der Waals surface area contributed by atoms with Crippen LogP contribution in [0.4, 0.5) is 0 Å². The molecule has 0 aliphatic carbocycles. The first-order valence-electron chi connectivity index (χ1n) is 4.69. The standard InChI is InChI=1S/C9H13BrClNO2S2/c1-7(3-11)6-16(13,14)12-4-9-2-8(10)5-15-9/h2,5,7,12H,3-4,6H2,1H3. The fourth-order valence-corrected chi connectivity index (χ4v) is 4.19. The summed E-state index contributed by atoms with van der Waals surface area (Å²) in [5.41, 5.74) is 0. The minimum absolute atomic E-state index is 0.0331. The average molecular weight is 347 g/mol. The van der Waals surface area contributed by atoms with Crippen LogP contribution < -0.4 is 4.72 Å². The molecule has 0 fully saturated rings. The Morgan fingerprint density at radius 3 is 2.81 bits per heavy atom. The zero-order chi connectivity index (χ0) is 12.2. The van der Waals surface area contributed by atoms with Crippen molar-refractivity contribution in [1.82, 2.24) is 4.72 Å². The molecule has 0 radical (unpaired) electrons. The largest absolute Gasteiger partial charge is 0.212 e. The summed E-state index contributed by atoms with van der Waals surface area (Å²) in [5.74, 6) is 0.392. The van der Waals surface area contributed by atoms with Gasteiger partial charge in [0.2, 0.25) is 10.0 Å². The third kappa shape index (κ3) is 5.14. The van der Waals surface area contributed by atoms with Gasteiger partial charge in [0.25, 0.3) is 0 Å². The van der Waals surface area contributed by atoms with Crippen LogP contribution in [0.3, 0.4) is 0 Å². The predicted octanol–water partition coefficient (Wildman–Crippen LogP) is 2.80. The average Bonchev–Trinajstić information content (AvgIpc) is 2.61. The first-order valence-corrected chi connectivity index (χ1v) is 8.55. The summed E-state index contributed by atoms with van der Waals surface area (Å²) in [4.78, 5) is 0.981. The molecule has 1 N–H and O–H groups in total. The summed E-state index contributed by atoms with van der Waals surface area (Å²) in [6.45, 7) is 2.15. The van der Waals surface area contributed by atoms with Gasteiger partial charge in [-0.2, -0.15) is 0 Å². The fraction of sp³-hybridized carbons (Fsp3) is 0.556. The van der Waals surface area contributed by atoms with Crippen LogP contribution in [0.1, 0.15) is 11.8 Å². The second-order valence-electron chi connectivity index (χ2n) is 3.59. The first-order chi connectivity index (χ1) is 7.43. The Labute approximate surface area is 113 Å². The van der Waals surface area contributed by atoms with Gasteiger partial charge in [0, 0.05) is 27.2 Å². The molecule has 1 unspecified atom stereocenters. The lowest BCUT2D eigenvalue weighted by molar-refractivity contribution is 0.569. The van der Waals surface area contributed by atoms with E-state index in [1.165, 1.54) is 11.3 Å². The summed E-state index contributed by atoms with van der Waals surface area (Å²) < 4.78 is 26.7. The zero-order valence-corrected chi connectivity index (χ0v) is 12.7. The van der Waals surface area contributed by atoms with Crippen molar-refractivity contribution >= 4 is 48.9 Å². The van der Waals surface area contributed by atoms with Gasteiger partial charge in [0.05, 0.1) is 5.75 Å². The molecule has 0 aliphatic heterocycles. The minimum atomic E-state index is -3.22. The molecule has 1 aromatic heterocycles. The van der Waals surface area contributed by atoms with E-state index < -0.39 is 10.0 Å². The van der Waals surface area contributed by atoms with Crippen molar-refractivity contribution < 1.29 is 8.42 Å². The van der Waals surface area contributed by atoms with Crippen molar-refractivity contribution in [2.24, 2.45) is 5.92 Å². The molecule has 0 amide bonds. The fourth-order valence-electron chi connectivity index (χ4n) is 1.11. The maximum Gasteiger partial charge on any atom is 0.212 e. The molecule has 3 nitrogen and oxygen atoms in total. The number of rotatable bonds is 6. The Balaban J connectivity index is 2.48.